The fraction of sp³-hybridized carbons (Fsp3) is 0.462. The largest absolute Gasteiger partial charge is 0.478 e. The predicted octanol–water partition coefficient (Wildman–Crippen LogP) is 3.81. The molecule has 0 saturated heterocycles. The van der Waals surface area contributed by atoms with Crippen molar-refractivity contribution in [1.82, 2.24) is 0 Å². The second kappa shape index (κ2) is 7.00. The van der Waals surface area contributed by atoms with Crippen LogP contribution in [0.15, 0.2) is 18.2 Å². The van der Waals surface area contributed by atoms with Gasteiger partial charge in [0, 0.05) is 16.3 Å². The molecular weight excluding hydrogens is 319 g/mol. The number of esters is 1. The molecule has 3 nitrogen and oxygen atoms in total. The fourth-order valence-corrected chi connectivity index (χ4v) is 2.26. The van der Waals surface area contributed by atoms with Gasteiger partial charge in [-0.3, -0.25) is 0 Å². The van der Waals surface area contributed by atoms with Crippen molar-refractivity contribution in [2.24, 2.45) is 5.92 Å². The molecule has 1 rings (SSSR count). The number of halogens is 2. The van der Waals surface area contributed by atoms with Crippen LogP contribution in [-0.2, 0) is 14.9 Å². The molecular formula is C13H16BrClO3. The summed E-state index contributed by atoms with van der Waals surface area (Å²) in [6.07, 6.45) is -0.612. The summed E-state index contributed by atoms with van der Waals surface area (Å²) in [5.74, 6) is 0.263. The summed E-state index contributed by atoms with van der Waals surface area (Å²) in [6, 6.07) is 5.31. The molecule has 1 aromatic carbocycles. The van der Waals surface area contributed by atoms with Gasteiger partial charge in [0.2, 0.25) is 0 Å². The third-order valence-corrected chi connectivity index (χ3v) is 3.44. The molecule has 0 aliphatic rings. The zero-order valence-corrected chi connectivity index (χ0v) is 12.9. The van der Waals surface area contributed by atoms with Gasteiger partial charge in [-0.2, -0.15) is 0 Å². The third-order valence-electron chi connectivity index (χ3n) is 2.46. The lowest BCUT2D eigenvalue weighted by molar-refractivity contribution is -0.150. The Labute approximate surface area is 121 Å². The van der Waals surface area contributed by atoms with E-state index in [0.29, 0.717) is 16.1 Å². The first kappa shape index (κ1) is 15.3. The SMILES string of the molecule is COC(=O)C(Oc1ccc(Cl)c(CBr)c1)C(C)C. The second-order valence-corrected chi connectivity index (χ2v) is 5.16. The Bertz CT molecular complexity index is 421. The van der Waals surface area contributed by atoms with Gasteiger partial charge >= 0.3 is 5.97 Å². The average Bonchev–Trinajstić information content (AvgIpc) is 2.36. The Balaban J connectivity index is 2.90. The molecule has 0 saturated carbocycles. The van der Waals surface area contributed by atoms with Gasteiger partial charge in [-0.05, 0) is 23.8 Å². The van der Waals surface area contributed by atoms with Crippen LogP contribution in [0.25, 0.3) is 0 Å². The van der Waals surface area contributed by atoms with E-state index in [2.05, 4.69) is 15.9 Å². The zero-order valence-electron chi connectivity index (χ0n) is 10.6. The van der Waals surface area contributed by atoms with Gasteiger partial charge in [0.1, 0.15) is 5.75 Å². The number of methoxy groups -OCH3 is 1. The minimum absolute atomic E-state index is 0.0283. The summed E-state index contributed by atoms with van der Waals surface area (Å²) in [6.45, 7) is 3.81. The van der Waals surface area contributed by atoms with Crippen molar-refractivity contribution in [3.05, 3.63) is 28.8 Å². The first-order chi connectivity index (χ1) is 8.49. The van der Waals surface area contributed by atoms with Crippen LogP contribution in [0.1, 0.15) is 19.4 Å². The molecule has 18 heavy (non-hydrogen) atoms. The number of benzene rings is 1. The van der Waals surface area contributed by atoms with Crippen LogP contribution in [0.4, 0.5) is 0 Å². The minimum Gasteiger partial charge on any atom is -0.478 e. The summed E-state index contributed by atoms with van der Waals surface area (Å²) < 4.78 is 10.4. The molecule has 0 bridgehead atoms. The summed E-state index contributed by atoms with van der Waals surface area (Å²) in [5, 5.41) is 1.30. The van der Waals surface area contributed by atoms with Crippen LogP contribution in [0.5, 0.6) is 5.75 Å². The molecule has 100 valence electrons. The molecule has 0 spiro atoms. The van der Waals surface area contributed by atoms with E-state index < -0.39 is 6.10 Å². The molecule has 0 aromatic heterocycles. The van der Waals surface area contributed by atoms with E-state index in [-0.39, 0.29) is 11.9 Å². The first-order valence-electron chi connectivity index (χ1n) is 5.58. The highest BCUT2D eigenvalue weighted by molar-refractivity contribution is 9.08. The van der Waals surface area contributed by atoms with Crippen LogP contribution >= 0.6 is 27.5 Å². The zero-order chi connectivity index (χ0) is 13.7. The monoisotopic (exact) mass is 334 g/mol. The number of hydrogen-bond acceptors (Lipinski definition) is 3. The number of hydrogen-bond donors (Lipinski definition) is 0. The average molecular weight is 336 g/mol. The Morgan fingerprint density at radius 1 is 1.44 bits per heavy atom. The number of alkyl halides is 1. The molecule has 0 aliphatic heterocycles. The number of ether oxygens (including phenoxy) is 2. The van der Waals surface area contributed by atoms with E-state index in [9.17, 15) is 4.79 Å². The van der Waals surface area contributed by atoms with Gasteiger partial charge in [0.05, 0.1) is 7.11 Å². The van der Waals surface area contributed by atoms with E-state index >= 15 is 0 Å². The Kier molecular flexibility index (Phi) is 5.96. The molecule has 0 heterocycles. The molecule has 0 aliphatic carbocycles. The van der Waals surface area contributed by atoms with Gasteiger partial charge in [-0.25, -0.2) is 4.79 Å². The highest BCUT2D eigenvalue weighted by Gasteiger charge is 2.25. The normalized spacial score (nSPS) is 12.3. The van der Waals surface area contributed by atoms with Gasteiger partial charge < -0.3 is 9.47 Å². The van der Waals surface area contributed by atoms with E-state index in [1.54, 1.807) is 12.1 Å². The maximum absolute atomic E-state index is 11.6. The van der Waals surface area contributed by atoms with Crippen molar-refractivity contribution < 1.29 is 14.3 Å². The van der Waals surface area contributed by atoms with Crippen LogP contribution in [0, 0.1) is 5.92 Å². The molecule has 0 radical (unpaired) electrons. The second-order valence-electron chi connectivity index (χ2n) is 4.19. The lowest BCUT2D eigenvalue weighted by Crippen LogP contribution is -2.33. The summed E-state index contributed by atoms with van der Waals surface area (Å²) in [7, 11) is 1.35. The molecule has 5 heteroatoms. The number of rotatable bonds is 5. The van der Waals surface area contributed by atoms with E-state index in [1.165, 1.54) is 7.11 Å². The lowest BCUT2D eigenvalue weighted by atomic mass is 10.1. The van der Waals surface area contributed by atoms with E-state index in [4.69, 9.17) is 21.1 Å². The van der Waals surface area contributed by atoms with E-state index in [0.717, 1.165) is 5.56 Å². The molecule has 1 aromatic rings. The first-order valence-corrected chi connectivity index (χ1v) is 7.08. The smallest absolute Gasteiger partial charge is 0.347 e. The maximum Gasteiger partial charge on any atom is 0.347 e. The summed E-state index contributed by atoms with van der Waals surface area (Å²) in [4.78, 5) is 11.6. The number of carbonyl (C=O) groups excluding carboxylic acids is 1. The van der Waals surface area contributed by atoms with Crippen molar-refractivity contribution in [2.75, 3.05) is 7.11 Å². The molecule has 1 atom stereocenters. The highest BCUT2D eigenvalue weighted by Crippen LogP contribution is 2.25. The van der Waals surface area contributed by atoms with Crippen molar-refractivity contribution in [3.63, 3.8) is 0 Å². The topological polar surface area (TPSA) is 35.5 Å². The lowest BCUT2D eigenvalue weighted by Gasteiger charge is -2.20. The fourth-order valence-electron chi connectivity index (χ4n) is 1.45. The van der Waals surface area contributed by atoms with Gasteiger partial charge in [-0.15, -0.1) is 0 Å². The van der Waals surface area contributed by atoms with Crippen LogP contribution in [0.2, 0.25) is 5.02 Å². The van der Waals surface area contributed by atoms with Crippen molar-refractivity contribution in [3.8, 4) is 5.75 Å². The number of carbonyl (C=O) groups is 1. The van der Waals surface area contributed by atoms with Crippen LogP contribution in [-0.4, -0.2) is 19.2 Å². The molecule has 1 unspecified atom stereocenters. The van der Waals surface area contributed by atoms with Gasteiger partial charge in [-0.1, -0.05) is 41.4 Å². The summed E-state index contributed by atoms with van der Waals surface area (Å²) >= 11 is 9.36. The van der Waals surface area contributed by atoms with Crippen LogP contribution in [0.3, 0.4) is 0 Å². The molecule has 0 fully saturated rings. The molecule has 0 N–H and O–H groups in total. The minimum atomic E-state index is -0.612. The van der Waals surface area contributed by atoms with E-state index in [1.807, 2.05) is 19.9 Å². The quantitative estimate of drug-likeness (QED) is 0.606. The van der Waals surface area contributed by atoms with Crippen molar-refractivity contribution >= 4 is 33.5 Å². The van der Waals surface area contributed by atoms with Gasteiger partial charge in [0.15, 0.2) is 6.10 Å². The van der Waals surface area contributed by atoms with Crippen molar-refractivity contribution in [2.45, 2.75) is 25.3 Å². The Morgan fingerprint density at radius 2 is 2.11 bits per heavy atom. The highest BCUT2D eigenvalue weighted by atomic mass is 79.9. The van der Waals surface area contributed by atoms with Crippen molar-refractivity contribution in [1.29, 1.82) is 0 Å². The molecule has 0 amide bonds. The van der Waals surface area contributed by atoms with Crippen LogP contribution < -0.4 is 4.74 Å². The predicted molar refractivity (Wildman–Crippen MR) is 75.4 cm³/mol. The van der Waals surface area contributed by atoms with Gasteiger partial charge in [0.25, 0.3) is 0 Å². The standard InChI is InChI=1S/C13H16BrClO3/c1-8(2)12(13(16)17-3)18-10-4-5-11(15)9(6-10)7-14/h4-6,8,12H,7H2,1-3H3. The Morgan fingerprint density at radius 3 is 2.61 bits per heavy atom. The maximum atomic E-state index is 11.6. The third kappa shape index (κ3) is 3.89. The Hall–Kier alpha value is -0.740. The summed E-state index contributed by atoms with van der Waals surface area (Å²) in [5.41, 5.74) is 0.918.